The van der Waals surface area contributed by atoms with Crippen molar-refractivity contribution in [2.24, 2.45) is 20.5 Å². The van der Waals surface area contributed by atoms with Gasteiger partial charge in [-0.3, -0.25) is 28.8 Å². The second-order valence-corrected chi connectivity index (χ2v) is 15.8. The first-order valence-corrected chi connectivity index (χ1v) is 21.7. The Bertz CT molecular complexity index is 2660. The minimum Gasteiger partial charge on any atom is -0.494 e. The molecule has 5 rings (SSSR count). The zero-order valence-corrected chi connectivity index (χ0v) is 38.8. The molecular weight excluding hydrogens is 934 g/mol. The summed E-state index contributed by atoms with van der Waals surface area (Å²) in [5, 5.41) is 27.0. The van der Waals surface area contributed by atoms with Crippen molar-refractivity contribution in [1.29, 1.82) is 0 Å². The number of carbonyl (C=O) groups excluding carboxylic acids is 6. The number of alkyl halides is 2. The molecule has 5 aromatic carbocycles. The van der Waals surface area contributed by atoms with Gasteiger partial charge in [0.25, 0.3) is 23.6 Å². The number of halogens is 4. The third-order valence-electron chi connectivity index (χ3n) is 9.44. The zero-order valence-electron chi connectivity index (χ0n) is 35.8. The highest BCUT2D eigenvalue weighted by molar-refractivity contribution is 6.35. The molecule has 0 fully saturated rings. The molecule has 4 amide bonds. The van der Waals surface area contributed by atoms with Crippen molar-refractivity contribution < 1.29 is 38.2 Å². The Morgan fingerprint density at radius 3 is 1.29 bits per heavy atom. The van der Waals surface area contributed by atoms with Crippen LogP contribution in [-0.4, -0.2) is 73.3 Å². The van der Waals surface area contributed by atoms with E-state index in [-0.39, 0.29) is 55.4 Å². The molecule has 5 aromatic rings. The third kappa shape index (κ3) is 13.7. The van der Waals surface area contributed by atoms with E-state index in [0.29, 0.717) is 36.0 Å². The number of carbonyl (C=O) groups is 6. The van der Waals surface area contributed by atoms with E-state index < -0.39 is 47.3 Å². The number of rotatable bonds is 20. The van der Waals surface area contributed by atoms with Crippen LogP contribution >= 0.6 is 46.4 Å². The monoisotopic (exact) mass is 974 g/mol. The molecule has 2 atom stereocenters. The molecule has 0 aromatic heterocycles. The number of anilines is 4. The first-order chi connectivity index (χ1) is 31.6. The van der Waals surface area contributed by atoms with Gasteiger partial charge < -0.3 is 30.7 Å². The topological polar surface area (TPSA) is 218 Å². The maximum absolute atomic E-state index is 13.6. The SMILES string of the molecule is COc1cc(NC(=O)C(N=Nc2ccc(Cl)c(C(=O)Nc3ccc(CCCl)cc3)c2)C(C)=O)cc(OC)c1NC(=O)C(N=Nc1ccc(Cl)c(C(=O)Nc2ccc(CCCl)cc2)c1)C(C)=O. The van der Waals surface area contributed by atoms with Crippen LogP contribution in [0.15, 0.2) is 118 Å². The number of nitrogens with one attached hydrogen (secondary N) is 4. The highest BCUT2D eigenvalue weighted by Crippen LogP contribution is 2.38. The van der Waals surface area contributed by atoms with Gasteiger partial charge in [0.05, 0.1) is 46.8 Å². The van der Waals surface area contributed by atoms with Crippen LogP contribution in [0.1, 0.15) is 45.7 Å². The number of amides is 4. The summed E-state index contributed by atoms with van der Waals surface area (Å²) in [6, 6.07) is 22.2. The number of ether oxygens (including phenoxy) is 2. The molecule has 2 unspecified atom stereocenters. The first-order valence-electron chi connectivity index (χ1n) is 19.9. The van der Waals surface area contributed by atoms with Crippen LogP contribution < -0.4 is 30.7 Å². The van der Waals surface area contributed by atoms with Crippen LogP contribution in [0.2, 0.25) is 10.0 Å². The lowest BCUT2D eigenvalue weighted by atomic mass is 10.1. The van der Waals surface area contributed by atoms with E-state index in [4.69, 9.17) is 55.9 Å². The van der Waals surface area contributed by atoms with E-state index in [1.54, 1.807) is 24.3 Å². The second kappa shape index (κ2) is 24.0. The van der Waals surface area contributed by atoms with Crippen molar-refractivity contribution in [3.63, 3.8) is 0 Å². The molecule has 16 nitrogen and oxygen atoms in total. The summed E-state index contributed by atoms with van der Waals surface area (Å²) in [6.45, 7) is 2.30. The van der Waals surface area contributed by atoms with Gasteiger partial charge in [0, 0.05) is 41.0 Å². The van der Waals surface area contributed by atoms with Crippen molar-refractivity contribution in [2.75, 3.05) is 47.2 Å². The van der Waals surface area contributed by atoms with Gasteiger partial charge >= 0.3 is 0 Å². The number of Topliss-reactive ketones (excluding diaryl/α,β-unsaturated/α-hetero) is 2. The number of hydrogen-bond acceptors (Lipinski definition) is 12. The van der Waals surface area contributed by atoms with Gasteiger partial charge in [0.1, 0.15) is 17.2 Å². The quantitative estimate of drug-likeness (QED) is 0.0333. The van der Waals surface area contributed by atoms with Gasteiger partial charge in [-0.05, 0) is 98.5 Å². The normalized spacial score (nSPS) is 12.0. The molecule has 4 N–H and O–H groups in total. The lowest BCUT2D eigenvalue weighted by Crippen LogP contribution is -2.32. The Morgan fingerprint density at radius 2 is 0.924 bits per heavy atom. The molecule has 20 heteroatoms. The van der Waals surface area contributed by atoms with Crippen LogP contribution in [0.25, 0.3) is 0 Å². The largest absolute Gasteiger partial charge is 0.494 e. The maximum Gasteiger partial charge on any atom is 0.259 e. The van der Waals surface area contributed by atoms with Crippen LogP contribution in [0.3, 0.4) is 0 Å². The molecule has 342 valence electrons. The van der Waals surface area contributed by atoms with Gasteiger partial charge in [-0.15, -0.1) is 23.2 Å². The fraction of sp³-hybridized carbons (Fsp3) is 0.217. The molecule has 0 saturated heterocycles. The molecule has 0 spiro atoms. The van der Waals surface area contributed by atoms with E-state index in [1.807, 2.05) is 24.3 Å². The fourth-order valence-electron chi connectivity index (χ4n) is 6.02. The number of nitrogens with zero attached hydrogens (tertiary/aromatic N) is 4. The molecule has 0 saturated carbocycles. The highest BCUT2D eigenvalue weighted by atomic mass is 35.5. The van der Waals surface area contributed by atoms with Crippen molar-refractivity contribution in [1.82, 2.24) is 0 Å². The maximum atomic E-state index is 13.6. The lowest BCUT2D eigenvalue weighted by Gasteiger charge is -2.18. The molecule has 0 heterocycles. The van der Waals surface area contributed by atoms with E-state index in [9.17, 15) is 28.8 Å². The van der Waals surface area contributed by atoms with Gasteiger partial charge in [0.2, 0.25) is 12.1 Å². The van der Waals surface area contributed by atoms with Crippen LogP contribution in [0.4, 0.5) is 34.1 Å². The number of methoxy groups -OCH3 is 2. The predicted octanol–water partition coefficient (Wildman–Crippen LogP) is 10.4. The summed E-state index contributed by atoms with van der Waals surface area (Å²) in [5.41, 5.74) is 3.50. The van der Waals surface area contributed by atoms with E-state index >= 15 is 0 Å². The summed E-state index contributed by atoms with van der Waals surface area (Å²) in [6.07, 6.45) is 1.35. The van der Waals surface area contributed by atoms with Crippen LogP contribution in [0.5, 0.6) is 11.5 Å². The molecular formula is C46H42Cl4N8O8. The molecule has 0 radical (unpaired) electrons. The van der Waals surface area contributed by atoms with Gasteiger partial charge in [-0.2, -0.15) is 20.5 Å². The van der Waals surface area contributed by atoms with Crippen molar-refractivity contribution in [2.45, 2.75) is 38.8 Å². The van der Waals surface area contributed by atoms with Crippen molar-refractivity contribution in [3.8, 4) is 11.5 Å². The lowest BCUT2D eigenvalue weighted by molar-refractivity contribution is -0.127. The van der Waals surface area contributed by atoms with Gasteiger partial charge in [-0.25, -0.2) is 0 Å². The number of hydrogen-bond donors (Lipinski definition) is 4. The molecule has 0 aliphatic rings. The minimum absolute atomic E-state index is 0.0153. The molecule has 0 aliphatic heterocycles. The summed E-state index contributed by atoms with van der Waals surface area (Å²) >= 11 is 24.3. The minimum atomic E-state index is -1.66. The van der Waals surface area contributed by atoms with Crippen LogP contribution in [0, 0.1) is 0 Å². The first kappa shape index (κ1) is 50.3. The Hall–Kier alpha value is -6.72. The Balaban J connectivity index is 1.28. The Kier molecular flexibility index (Phi) is 18.3. The standard InChI is InChI=1S/C46H42Cl4N8O8/c1-25(59)40(57-55-31-13-15-36(49)34(21-31)43(61)51-29-9-5-27(6-10-29)17-19-47)45(63)53-33-23-38(65-3)42(39(24-33)66-4)54-46(64)41(26(2)60)58-56-32-14-16-37(50)35(22-32)44(62)52-30-11-7-28(8-12-30)18-20-48/h5-16,21-24,40-41H,17-20H2,1-4H3,(H,51,61)(H,52,62)(H,53,63)(H,54,64). The number of ketones is 2. The third-order valence-corrected chi connectivity index (χ3v) is 10.5. The van der Waals surface area contributed by atoms with E-state index in [2.05, 4.69) is 41.7 Å². The average molecular weight is 977 g/mol. The average Bonchev–Trinajstić information content (AvgIpc) is 3.29. The second-order valence-electron chi connectivity index (χ2n) is 14.2. The van der Waals surface area contributed by atoms with E-state index in [1.165, 1.54) is 62.8 Å². The van der Waals surface area contributed by atoms with Crippen molar-refractivity contribution >= 4 is 116 Å². The molecule has 66 heavy (non-hydrogen) atoms. The van der Waals surface area contributed by atoms with Gasteiger partial charge in [-0.1, -0.05) is 47.5 Å². The zero-order chi connectivity index (χ0) is 47.9. The molecule has 0 aliphatic carbocycles. The summed E-state index contributed by atoms with van der Waals surface area (Å²) < 4.78 is 11.0. The summed E-state index contributed by atoms with van der Waals surface area (Å²) in [4.78, 5) is 78.6. The van der Waals surface area contributed by atoms with Crippen LogP contribution in [-0.2, 0) is 32.0 Å². The number of aryl methyl sites for hydroxylation is 2. The molecule has 0 bridgehead atoms. The fourth-order valence-corrected chi connectivity index (χ4v) is 6.86. The summed E-state index contributed by atoms with van der Waals surface area (Å²) in [7, 11) is 2.57. The van der Waals surface area contributed by atoms with Gasteiger partial charge in [0.15, 0.2) is 11.6 Å². The summed E-state index contributed by atoms with van der Waals surface area (Å²) in [5.74, 6) is -3.29. The smallest absolute Gasteiger partial charge is 0.259 e. The van der Waals surface area contributed by atoms with E-state index in [0.717, 1.165) is 25.0 Å². The highest BCUT2D eigenvalue weighted by Gasteiger charge is 2.28. The number of azo groups is 2. The Morgan fingerprint density at radius 1 is 0.530 bits per heavy atom. The Labute approximate surface area is 399 Å². The van der Waals surface area contributed by atoms with Crippen molar-refractivity contribution in [3.05, 3.63) is 129 Å². The predicted molar refractivity (Wildman–Crippen MR) is 255 cm³/mol. The number of benzene rings is 5.